The number of aliphatic hydroxyl groups is 2. The summed E-state index contributed by atoms with van der Waals surface area (Å²) in [7, 11) is 0. The van der Waals surface area contributed by atoms with Crippen LogP contribution in [-0.4, -0.2) is 33.8 Å². The smallest absolute Gasteiger partial charge is 0.304 e. The molecule has 0 aromatic carbocycles. The molecule has 1 aromatic rings. The average molecular weight is 288 g/mol. The Labute approximate surface area is 116 Å². The van der Waals surface area contributed by atoms with E-state index in [1.807, 2.05) is 6.92 Å². The first-order valence-electron chi connectivity index (χ1n) is 6.09. The number of nitro groups is 1. The van der Waals surface area contributed by atoms with Gasteiger partial charge >= 0.3 is 5.69 Å². The van der Waals surface area contributed by atoms with Crippen molar-refractivity contribution in [1.29, 1.82) is 0 Å². The number of hydrogen-bond donors (Lipinski definition) is 2. The van der Waals surface area contributed by atoms with E-state index >= 15 is 0 Å². The third-order valence-electron chi connectivity index (χ3n) is 2.57. The molecule has 0 aliphatic heterocycles. The van der Waals surface area contributed by atoms with Crippen LogP contribution in [0.2, 0.25) is 0 Å². The molecule has 0 aliphatic carbocycles. The van der Waals surface area contributed by atoms with Gasteiger partial charge in [-0.15, -0.1) is 11.3 Å². The van der Waals surface area contributed by atoms with Crippen molar-refractivity contribution in [3.8, 4) is 0 Å². The topological polar surface area (TPSA) is 86.8 Å². The zero-order chi connectivity index (χ0) is 14.8. The summed E-state index contributed by atoms with van der Waals surface area (Å²) >= 11 is 1.19. The van der Waals surface area contributed by atoms with Crippen LogP contribution in [0.25, 0.3) is 0 Å². The summed E-state index contributed by atoms with van der Waals surface area (Å²) in [6, 6.07) is 1.40. The summed E-state index contributed by atoms with van der Waals surface area (Å²) in [5.74, 6) is 0. The number of aliphatic hydroxyl groups excluding tert-OH is 1. The molecule has 0 saturated heterocycles. The highest BCUT2D eigenvalue weighted by Crippen LogP contribution is 2.40. The van der Waals surface area contributed by atoms with Crippen molar-refractivity contribution in [3.05, 3.63) is 21.1 Å². The van der Waals surface area contributed by atoms with Crippen molar-refractivity contribution in [3.63, 3.8) is 0 Å². The molecule has 0 saturated carbocycles. The van der Waals surface area contributed by atoms with Crippen LogP contribution >= 0.6 is 11.3 Å². The van der Waals surface area contributed by atoms with Crippen molar-refractivity contribution in [2.75, 3.05) is 18.0 Å². The zero-order valence-electron chi connectivity index (χ0n) is 11.6. The van der Waals surface area contributed by atoms with Crippen molar-refractivity contribution in [2.45, 2.75) is 39.4 Å². The van der Waals surface area contributed by atoms with Gasteiger partial charge < -0.3 is 15.1 Å². The van der Waals surface area contributed by atoms with E-state index in [0.717, 1.165) is 0 Å². The third-order valence-corrected chi connectivity index (χ3v) is 3.92. The first-order chi connectivity index (χ1) is 8.65. The third kappa shape index (κ3) is 4.15. The summed E-state index contributed by atoms with van der Waals surface area (Å²) in [4.78, 5) is 12.9. The van der Waals surface area contributed by atoms with E-state index in [9.17, 15) is 20.3 Å². The van der Waals surface area contributed by atoms with Crippen molar-refractivity contribution in [2.24, 2.45) is 0 Å². The van der Waals surface area contributed by atoms with Gasteiger partial charge in [0.1, 0.15) is 0 Å². The van der Waals surface area contributed by atoms with Crippen molar-refractivity contribution < 1.29 is 15.1 Å². The summed E-state index contributed by atoms with van der Waals surface area (Å²) < 4.78 is 0. The van der Waals surface area contributed by atoms with E-state index < -0.39 is 16.6 Å². The number of nitrogens with zero attached hydrogens (tertiary/aromatic N) is 2. The van der Waals surface area contributed by atoms with E-state index in [0.29, 0.717) is 23.0 Å². The SMILES string of the molecule is CCN(CC(C)(C)O)c1sc(C(C)O)cc1[N+](=O)[O-]. The van der Waals surface area contributed by atoms with Gasteiger partial charge in [-0.05, 0) is 27.7 Å². The van der Waals surface area contributed by atoms with Gasteiger partial charge in [0.15, 0.2) is 5.00 Å². The van der Waals surface area contributed by atoms with E-state index in [1.54, 1.807) is 25.7 Å². The molecule has 108 valence electrons. The molecular weight excluding hydrogens is 268 g/mol. The Kier molecular flexibility index (Phi) is 4.89. The fourth-order valence-electron chi connectivity index (χ4n) is 1.75. The number of hydrogen-bond acceptors (Lipinski definition) is 6. The number of likely N-dealkylation sites (N-methyl/N-ethyl adjacent to an activating group) is 1. The van der Waals surface area contributed by atoms with Crippen LogP contribution in [0.5, 0.6) is 0 Å². The maximum absolute atomic E-state index is 11.1. The average Bonchev–Trinajstić information content (AvgIpc) is 2.69. The predicted octanol–water partition coefficient (Wildman–Crippen LogP) is 2.31. The second-order valence-corrected chi connectivity index (χ2v) is 6.16. The number of anilines is 1. The van der Waals surface area contributed by atoms with E-state index in [-0.39, 0.29) is 5.69 Å². The lowest BCUT2D eigenvalue weighted by Gasteiger charge is -2.28. The first kappa shape index (κ1) is 15.9. The van der Waals surface area contributed by atoms with Gasteiger partial charge in [0.05, 0.1) is 16.6 Å². The maximum Gasteiger partial charge on any atom is 0.304 e. The summed E-state index contributed by atoms with van der Waals surface area (Å²) in [5, 5.41) is 31.0. The van der Waals surface area contributed by atoms with Crippen LogP contribution in [0, 0.1) is 10.1 Å². The quantitative estimate of drug-likeness (QED) is 0.619. The van der Waals surface area contributed by atoms with Crippen LogP contribution in [0.4, 0.5) is 10.7 Å². The van der Waals surface area contributed by atoms with Gasteiger partial charge in [0.2, 0.25) is 0 Å². The minimum absolute atomic E-state index is 0.0213. The Bertz CT molecular complexity index is 451. The Balaban J connectivity index is 3.18. The normalized spacial score (nSPS) is 13.4. The standard InChI is InChI=1S/C12H20N2O4S/c1-5-13(7-12(3,4)16)11-9(14(17)18)6-10(19-11)8(2)15/h6,8,15-16H,5,7H2,1-4H3. The van der Waals surface area contributed by atoms with Crippen LogP contribution in [0.3, 0.4) is 0 Å². The maximum atomic E-state index is 11.1. The highest BCUT2D eigenvalue weighted by Gasteiger charge is 2.27. The van der Waals surface area contributed by atoms with E-state index in [4.69, 9.17) is 0 Å². The second kappa shape index (κ2) is 5.85. The minimum atomic E-state index is -0.946. The molecule has 1 atom stereocenters. The molecular formula is C12H20N2O4S. The Morgan fingerprint density at radius 2 is 2.16 bits per heavy atom. The summed E-state index contributed by atoms with van der Waals surface area (Å²) in [6.45, 7) is 7.60. The van der Waals surface area contributed by atoms with Gasteiger partial charge in [0.25, 0.3) is 0 Å². The molecule has 0 radical (unpaired) electrons. The second-order valence-electron chi connectivity index (χ2n) is 5.10. The molecule has 19 heavy (non-hydrogen) atoms. The van der Waals surface area contributed by atoms with Crippen molar-refractivity contribution >= 4 is 22.0 Å². The van der Waals surface area contributed by atoms with Gasteiger partial charge in [-0.25, -0.2) is 0 Å². The number of thiophene rings is 1. The van der Waals surface area contributed by atoms with Gasteiger partial charge in [0, 0.05) is 24.0 Å². The Morgan fingerprint density at radius 3 is 2.53 bits per heavy atom. The van der Waals surface area contributed by atoms with Gasteiger partial charge in [-0.2, -0.15) is 0 Å². The van der Waals surface area contributed by atoms with E-state index in [1.165, 1.54) is 17.4 Å². The van der Waals surface area contributed by atoms with Crippen LogP contribution in [0.1, 0.15) is 38.7 Å². The van der Waals surface area contributed by atoms with E-state index in [2.05, 4.69) is 0 Å². The molecule has 2 N–H and O–H groups in total. The summed E-state index contributed by atoms with van der Waals surface area (Å²) in [5.41, 5.74) is -0.967. The molecule has 1 aromatic heterocycles. The van der Waals surface area contributed by atoms with Crippen LogP contribution in [-0.2, 0) is 0 Å². The molecule has 7 heteroatoms. The molecule has 0 fully saturated rings. The fraction of sp³-hybridized carbons (Fsp3) is 0.667. The monoisotopic (exact) mass is 288 g/mol. The molecule has 1 rings (SSSR count). The molecule has 0 bridgehead atoms. The van der Waals surface area contributed by atoms with Gasteiger partial charge in [-0.3, -0.25) is 10.1 Å². The minimum Gasteiger partial charge on any atom is -0.389 e. The van der Waals surface area contributed by atoms with Gasteiger partial charge in [-0.1, -0.05) is 0 Å². The lowest BCUT2D eigenvalue weighted by Crippen LogP contribution is -2.38. The zero-order valence-corrected chi connectivity index (χ0v) is 12.4. The fourth-order valence-corrected chi connectivity index (χ4v) is 2.87. The molecule has 1 unspecified atom stereocenters. The van der Waals surface area contributed by atoms with Crippen LogP contribution < -0.4 is 4.90 Å². The molecule has 0 amide bonds. The lowest BCUT2D eigenvalue weighted by atomic mass is 10.1. The van der Waals surface area contributed by atoms with Crippen molar-refractivity contribution in [1.82, 2.24) is 0 Å². The Hall–Kier alpha value is -1.18. The van der Waals surface area contributed by atoms with Crippen LogP contribution in [0.15, 0.2) is 6.07 Å². The highest BCUT2D eigenvalue weighted by atomic mass is 32.1. The molecule has 0 aliphatic rings. The molecule has 1 heterocycles. The Morgan fingerprint density at radius 1 is 1.58 bits per heavy atom. The highest BCUT2D eigenvalue weighted by molar-refractivity contribution is 7.16. The summed E-state index contributed by atoms with van der Waals surface area (Å²) in [6.07, 6.45) is -0.738. The molecule has 0 spiro atoms. The first-order valence-corrected chi connectivity index (χ1v) is 6.91. The number of rotatable bonds is 6. The predicted molar refractivity (Wildman–Crippen MR) is 75.8 cm³/mol. The lowest BCUT2D eigenvalue weighted by molar-refractivity contribution is -0.383. The largest absolute Gasteiger partial charge is 0.389 e. The molecule has 6 nitrogen and oxygen atoms in total.